The first-order valence-electron chi connectivity index (χ1n) is 10.8. The topological polar surface area (TPSA) is 96.0 Å². The minimum atomic E-state index is -0.483. The molecule has 4 amide bonds. The molecular formula is C24H21BrClN3O5S. The van der Waals surface area contributed by atoms with Gasteiger partial charge >= 0.3 is 0 Å². The summed E-state index contributed by atoms with van der Waals surface area (Å²) in [4.78, 5) is 52.5. The van der Waals surface area contributed by atoms with Crippen LogP contribution in [0.4, 0.5) is 10.5 Å². The fourth-order valence-corrected chi connectivity index (χ4v) is 5.06. The van der Waals surface area contributed by atoms with Crippen LogP contribution in [-0.4, -0.2) is 59.0 Å². The lowest BCUT2D eigenvalue weighted by Crippen LogP contribution is -2.40. The number of anilines is 1. The van der Waals surface area contributed by atoms with Crippen LogP contribution in [-0.2, 0) is 14.4 Å². The van der Waals surface area contributed by atoms with Gasteiger partial charge in [-0.05, 0) is 88.6 Å². The van der Waals surface area contributed by atoms with Gasteiger partial charge in [0.1, 0.15) is 12.3 Å². The van der Waals surface area contributed by atoms with E-state index in [0.29, 0.717) is 39.6 Å². The van der Waals surface area contributed by atoms with Gasteiger partial charge in [-0.1, -0.05) is 17.7 Å². The predicted octanol–water partition coefficient (Wildman–Crippen LogP) is 4.78. The molecule has 2 aliphatic heterocycles. The first-order chi connectivity index (χ1) is 16.8. The molecule has 0 spiro atoms. The zero-order chi connectivity index (χ0) is 24.9. The number of imide groups is 1. The third kappa shape index (κ3) is 6.45. The van der Waals surface area contributed by atoms with E-state index >= 15 is 0 Å². The van der Waals surface area contributed by atoms with Crippen molar-refractivity contribution < 1.29 is 23.9 Å². The highest BCUT2D eigenvalue weighted by Gasteiger charge is 2.37. The van der Waals surface area contributed by atoms with Crippen molar-refractivity contribution in [2.75, 3.05) is 31.6 Å². The van der Waals surface area contributed by atoms with E-state index in [1.165, 1.54) is 0 Å². The van der Waals surface area contributed by atoms with Crippen molar-refractivity contribution in [3.05, 3.63) is 62.4 Å². The van der Waals surface area contributed by atoms with Crippen molar-refractivity contribution in [3.8, 4) is 5.75 Å². The Balaban J connectivity index is 1.35. The molecule has 2 aromatic rings. The molecule has 2 heterocycles. The van der Waals surface area contributed by atoms with Crippen molar-refractivity contribution in [1.82, 2.24) is 9.80 Å². The quantitative estimate of drug-likeness (QED) is 0.475. The number of benzene rings is 2. The highest BCUT2D eigenvalue weighted by Crippen LogP contribution is 2.34. The molecule has 0 aliphatic carbocycles. The van der Waals surface area contributed by atoms with Crippen LogP contribution in [0.2, 0.25) is 5.02 Å². The molecule has 0 atom stereocenters. The number of nitrogens with zero attached hydrogens (tertiary/aromatic N) is 2. The van der Waals surface area contributed by atoms with Crippen molar-refractivity contribution >= 4 is 74.0 Å². The molecular weight excluding hydrogens is 558 g/mol. The average Bonchev–Trinajstić information content (AvgIpc) is 3.45. The third-order valence-corrected chi connectivity index (χ3v) is 7.15. The van der Waals surface area contributed by atoms with E-state index in [1.54, 1.807) is 53.4 Å². The molecule has 0 saturated carbocycles. The van der Waals surface area contributed by atoms with Crippen molar-refractivity contribution in [1.29, 1.82) is 0 Å². The Kier molecular flexibility index (Phi) is 8.15. The maximum absolute atomic E-state index is 12.7. The van der Waals surface area contributed by atoms with Gasteiger partial charge in [-0.2, -0.15) is 0 Å². The fourth-order valence-electron chi connectivity index (χ4n) is 3.59. The van der Waals surface area contributed by atoms with E-state index in [4.69, 9.17) is 16.3 Å². The molecule has 0 bridgehead atoms. The summed E-state index contributed by atoms with van der Waals surface area (Å²) in [6, 6.07) is 11.8. The van der Waals surface area contributed by atoms with Gasteiger partial charge in [0.05, 0.1) is 9.38 Å². The van der Waals surface area contributed by atoms with Crippen LogP contribution in [0.15, 0.2) is 51.8 Å². The monoisotopic (exact) mass is 577 g/mol. The number of nitrogens with one attached hydrogen (secondary N) is 1. The number of hydrogen-bond acceptors (Lipinski definition) is 6. The van der Waals surface area contributed by atoms with Crippen LogP contribution in [0.5, 0.6) is 5.75 Å². The minimum Gasteiger partial charge on any atom is -0.483 e. The zero-order valence-electron chi connectivity index (χ0n) is 18.5. The summed E-state index contributed by atoms with van der Waals surface area (Å²) in [5, 5.41) is 2.83. The Bertz CT molecular complexity index is 1200. The lowest BCUT2D eigenvalue weighted by molar-refractivity contribution is -0.135. The average molecular weight is 579 g/mol. The van der Waals surface area contributed by atoms with Gasteiger partial charge in [0.25, 0.3) is 17.1 Å². The van der Waals surface area contributed by atoms with E-state index in [9.17, 15) is 19.2 Å². The summed E-state index contributed by atoms with van der Waals surface area (Å²) >= 11 is 10.1. The van der Waals surface area contributed by atoms with E-state index in [-0.39, 0.29) is 29.9 Å². The van der Waals surface area contributed by atoms with E-state index in [1.807, 2.05) is 0 Å². The van der Waals surface area contributed by atoms with E-state index in [2.05, 4.69) is 21.2 Å². The molecule has 2 saturated heterocycles. The summed E-state index contributed by atoms with van der Waals surface area (Å²) < 4.78 is 6.16. The Labute approximate surface area is 219 Å². The molecule has 2 aromatic carbocycles. The first kappa shape index (κ1) is 25.3. The summed E-state index contributed by atoms with van der Waals surface area (Å²) in [5.41, 5.74) is 1.26. The molecule has 35 heavy (non-hydrogen) atoms. The first-order valence-corrected chi connectivity index (χ1v) is 12.8. The Morgan fingerprint density at radius 3 is 2.51 bits per heavy atom. The van der Waals surface area contributed by atoms with E-state index in [0.717, 1.165) is 29.5 Å². The summed E-state index contributed by atoms with van der Waals surface area (Å²) in [6.07, 6.45) is 3.47. The largest absolute Gasteiger partial charge is 0.483 e. The van der Waals surface area contributed by atoms with Crippen molar-refractivity contribution in [2.45, 2.75) is 12.8 Å². The number of carbonyl (C=O) groups is 4. The zero-order valence-corrected chi connectivity index (χ0v) is 21.6. The van der Waals surface area contributed by atoms with Crippen LogP contribution in [0.3, 0.4) is 0 Å². The van der Waals surface area contributed by atoms with Gasteiger partial charge in [0.2, 0.25) is 5.91 Å². The predicted molar refractivity (Wildman–Crippen MR) is 138 cm³/mol. The highest BCUT2D eigenvalue weighted by molar-refractivity contribution is 9.10. The van der Waals surface area contributed by atoms with Gasteiger partial charge in [0.15, 0.2) is 6.61 Å². The molecule has 0 radical (unpaired) electrons. The minimum absolute atomic E-state index is 0.204. The Hall–Kier alpha value is -2.82. The number of hydrogen-bond donors (Lipinski definition) is 1. The molecule has 4 rings (SSSR count). The number of carbonyl (C=O) groups excluding carboxylic acids is 4. The van der Waals surface area contributed by atoms with E-state index < -0.39 is 11.1 Å². The Morgan fingerprint density at radius 1 is 1.11 bits per heavy atom. The standard InChI is InChI=1S/C24H21BrClN3O5S/c25-18-11-15(3-8-19(18)34-14-21(30)27-17-6-4-16(26)5-7-17)12-20-23(32)29(24(33)35-20)13-22(31)28-9-1-2-10-28/h3-8,11-12H,1-2,9-10,13-14H2,(H,27,30)/b20-12-. The van der Waals surface area contributed by atoms with Gasteiger partial charge in [-0.15, -0.1) is 0 Å². The fraction of sp³-hybridized carbons (Fsp3) is 0.250. The summed E-state index contributed by atoms with van der Waals surface area (Å²) in [5.74, 6) is -0.587. The molecule has 11 heteroatoms. The molecule has 182 valence electrons. The maximum atomic E-state index is 12.7. The second-order valence-electron chi connectivity index (χ2n) is 7.89. The molecule has 0 aromatic heterocycles. The van der Waals surface area contributed by atoms with Gasteiger partial charge in [-0.3, -0.25) is 24.1 Å². The van der Waals surface area contributed by atoms with Gasteiger partial charge < -0.3 is 15.0 Å². The van der Waals surface area contributed by atoms with Gasteiger partial charge in [0, 0.05) is 23.8 Å². The lowest BCUT2D eigenvalue weighted by Gasteiger charge is -2.18. The molecule has 8 nitrogen and oxygen atoms in total. The number of thioether (sulfide) groups is 1. The normalized spacial score (nSPS) is 16.8. The SMILES string of the molecule is O=C(COc1ccc(/C=C2\SC(=O)N(CC(=O)N3CCCC3)C2=O)cc1Br)Nc1ccc(Cl)cc1. The number of ether oxygens (including phenoxy) is 1. The maximum Gasteiger partial charge on any atom is 0.294 e. The number of amides is 4. The van der Waals surface area contributed by atoms with Crippen molar-refractivity contribution in [2.24, 2.45) is 0 Å². The lowest BCUT2D eigenvalue weighted by atomic mass is 10.2. The van der Waals surface area contributed by atoms with Crippen LogP contribution in [0.25, 0.3) is 6.08 Å². The number of rotatable bonds is 7. The molecule has 0 unspecified atom stereocenters. The number of halogens is 2. The second-order valence-corrected chi connectivity index (χ2v) is 10.2. The summed E-state index contributed by atoms with van der Waals surface area (Å²) in [7, 11) is 0. The smallest absolute Gasteiger partial charge is 0.294 e. The molecule has 1 N–H and O–H groups in total. The van der Waals surface area contributed by atoms with Gasteiger partial charge in [-0.25, -0.2) is 0 Å². The third-order valence-electron chi connectivity index (χ3n) is 5.37. The van der Waals surface area contributed by atoms with Crippen LogP contribution in [0, 0.1) is 0 Å². The summed E-state index contributed by atoms with van der Waals surface area (Å²) in [6.45, 7) is 0.882. The Morgan fingerprint density at radius 2 is 1.83 bits per heavy atom. The second kappa shape index (κ2) is 11.3. The molecule has 2 fully saturated rings. The molecule has 2 aliphatic rings. The van der Waals surface area contributed by atoms with Crippen LogP contribution < -0.4 is 10.1 Å². The highest BCUT2D eigenvalue weighted by atomic mass is 79.9. The number of likely N-dealkylation sites (tertiary alicyclic amines) is 1. The van der Waals surface area contributed by atoms with Crippen molar-refractivity contribution in [3.63, 3.8) is 0 Å². The van der Waals surface area contributed by atoms with Crippen LogP contribution in [0.1, 0.15) is 18.4 Å². The van der Waals surface area contributed by atoms with Crippen LogP contribution >= 0.6 is 39.3 Å².